The molecule has 2 aromatic rings. The van der Waals surface area contributed by atoms with Crippen LogP contribution in [-0.4, -0.2) is 25.9 Å². The molecule has 0 atom stereocenters. The molecule has 0 heterocycles. The van der Waals surface area contributed by atoms with Gasteiger partial charge in [-0.25, -0.2) is 4.39 Å². The molecule has 0 aliphatic rings. The Morgan fingerprint density at radius 3 is 2.41 bits per heavy atom. The van der Waals surface area contributed by atoms with Crippen LogP contribution in [0, 0.1) is 5.82 Å². The number of methoxy groups -OCH3 is 2. The predicted molar refractivity (Wildman–Crippen MR) is 85.3 cm³/mol. The van der Waals surface area contributed by atoms with Crippen molar-refractivity contribution in [1.29, 1.82) is 0 Å². The standard InChI is InChI=1S/C16H16FNO3S/c1-20-14-8-7-13(9-15(14)21-2)22-10-16(19)18-12-5-3-11(17)4-6-12/h3-9H,10H2,1-2H3,(H,18,19). The first-order valence-corrected chi connectivity index (χ1v) is 7.51. The molecule has 4 nitrogen and oxygen atoms in total. The maximum absolute atomic E-state index is 12.8. The van der Waals surface area contributed by atoms with Crippen molar-refractivity contribution < 1.29 is 18.7 Å². The summed E-state index contributed by atoms with van der Waals surface area (Å²) in [6.45, 7) is 0. The minimum Gasteiger partial charge on any atom is -0.493 e. The SMILES string of the molecule is COc1ccc(SCC(=O)Nc2ccc(F)cc2)cc1OC. The highest BCUT2D eigenvalue weighted by Gasteiger charge is 2.08. The summed E-state index contributed by atoms with van der Waals surface area (Å²) in [4.78, 5) is 12.8. The summed E-state index contributed by atoms with van der Waals surface area (Å²) in [5.74, 6) is 1.01. The molecule has 0 aromatic heterocycles. The topological polar surface area (TPSA) is 47.6 Å². The Morgan fingerprint density at radius 2 is 1.77 bits per heavy atom. The van der Waals surface area contributed by atoms with Gasteiger partial charge in [-0.05, 0) is 42.5 Å². The van der Waals surface area contributed by atoms with E-state index in [-0.39, 0.29) is 17.5 Å². The monoisotopic (exact) mass is 321 g/mol. The fourth-order valence-corrected chi connectivity index (χ4v) is 2.51. The molecule has 0 bridgehead atoms. The van der Waals surface area contributed by atoms with Crippen LogP contribution in [-0.2, 0) is 4.79 Å². The Bertz CT molecular complexity index is 646. The molecule has 0 fully saturated rings. The van der Waals surface area contributed by atoms with Crippen LogP contribution in [0.5, 0.6) is 11.5 Å². The van der Waals surface area contributed by atoms with Crippen LogP contribution in [0.4, 0.5) is 10.1 Å². The van der Waals surface area contributed by atoms with Crippen LogP contribution >= 0.6 is 11.8 Å². The van der Waals surface area contributed by atoms with Gasteiger partial charge in [0.15, 0.2) is 11.5 Å². The van der Waals surface area contributed by atoms with Gasteiger partial charge in [0.25, 0.3) is 0 Å². The average Bonchev–Trinajstić information content (AvgIpc) is 2.54. The van der Waals surface area contributed by atoms with Crippen molar-refractivity contribution in [2.45, 2.75) is 4.90 Å². The van der Waals surface area contributed by atoms with Crippen LogP contribution in [0.25, 0.3) is 0 Å². The normalized spacial score (nSPS) is 10.1. The lowest BCUT2D eigenvalue weighted by molar-refractivity contribution is -0.113. The van der Waals surface area contributed by atoms with Gasteiger partial charge in [-0.15, -0.1) is 11.8 Å². The Labute approximate surface area is 132 Å². The van der Waals surface area contributed by atoms with Crippen molar-refractivity contribution in [2.75, 3.05) is 25.3 Å². The number of halogens is 1. The molecule has 0 radical (unpaired) electrons. The molecule has 0 spiro atoms. The zero-order chi connectivity index (χ0) is 15.9. The largest absolute Gasteiger partial charge is 0.493 e. The fraction of sp³-hybridized carbons (Fsp3) is 0.188. The lowest BCUT2D eigenvalue weighted by Gasteiger charge is -2.09. The van der Waals surface area contributed by atoms with E-state index in [0.29, 0.717) is 17.2 Å². The van der Waals surface area contributed by atoms with Crippen molar-refractivity contribution in [1.82, 2.24) is 0 Å². The zero-order valence-corrected chi connectivity index (χ0v) is 13.1. The van der Waals surface area contributed by atoms with E-state index in [2.05, 4.69) is 5.32 Å². The van der Waals surface area contributed by atoms with Crippen molar-refractivity contribution >= 4 is 23.4 Å². The number of carbonyl (C=O) groups is 1. The first-order chi connectivity index (χ1) is 10.6. The highest BCUT2D eigenvalue weighted by molar-refractivity contribution is 8.00. The van der Waals surface area contributed by atoms with Gasteiger partial charge in [-0.1, -0.05) is 0 Å². The molecular formula is C16H16FNO3S. The average molecular weight is 321 g/mol. The number of benzene rings is 2. The van der Waals surface area contributed by atoms with E-state index in [1.807, 2.05) is 12.1 Å². The van der Waals surface area contributed by atoms with E-state index < -0.39 is 0 Å². The maximum Gasteiger partial charge on any atom is 0.234 e. The third-order valence-corrected chi connectivity index (χ3v) is 3.85. The number of thioether (sulfide) groups is 1. The van der Waals surface area contributed by atoms with Crippen molar-refractivity contribution in [3.63, 3.8) is 0 Å². The van der Waals surface area contributed by atoms with Gasteiger partial charge in [0, 0.05) is 10.6 Å². The zero-order valence-electron chi connectivity index (χ0n) is 12.3. The van der Waals surface area contributed by atoms with E-state index in [0.717, 1.165) is 4.90 Å². The first kappa shape index (κ1) is 16.2. The van der Waals surface area contributed by atoms with Gasteiger partial charge in [-0.3, -0.25) is 4.79 Å². The molecule has 2 rings (SSSR count). The van der Waals surface area contributed by atoms with Gasteiger partial charge in [-0.2, -0.15) is 0 Å². The number of hydrogen-bond acceptors (Lipinski definition) is 4. The van der Waals surface area contributed by atoms with Gasteiger partial charge in [0.2, 0.25) is 5.91 Å². The summed E-state index contributed by atoms with van der Waals surface area (Å²) >= 11 is 1.38. The van der Waals surface area contributed by atoms with Crippen molar-refractivity contribution in [3.8, 4) is 11.5 Å². The number of amides is 1. The third kappa shape index (κ3) is 4.39. The predicted octanol–water partition coefficient (Wildman–Crippen LogP) is 3.57. The number of ether oxygens (including phenoxy) is 2. The number of hydrogen-bond donors (Lipinski definition) is 1. The highest BCUT2D eigenvalue weighted by atomic mass is 32.2. The lowest BCUT2D eigenvalue weighted by Crippen LogP contribution is -2.13. The molecule has 22 heavy (non-hydrogen) atoms. The molecule has 1 N–H and O–H groups in total. The molecule has 1 amide bonds. The van der Waals surface area contributed by atoms with Gasteiger partial charge >= 0.3 is 0 Å². The quantitative estimate of drug-likeness (QED) is 0.826. The smallest absolute Gasteiger partial charge is 0.234 e. The van der Waals surface area contributed by atoms with Crippen LogP contribution < -0.4 is 14.8 Å². The summed E-state index contributed by atoms with van der Waals surface area (Å²) in [5, 5.41) is 2.71. The minimum atomic E-state index is -0.335. The summed E-state index contributed by atoms with van der Waals surface area (Å²) in [6, 6.07) is 11.1. The fourth-order valence-electron chi connectivity index (χ4n) is 1.79. The summed E-state index contributed by atoms with van der Waals surface area (Å²) in [7, 11) is 3.13. The van der Waals surface area contributed by atoms with Crippen LogP contribution in [0.2, 0.25) is 0 Å². The maximum atomic E-state index is 12.8. The number of nitrogens with one attached hydrogen (secondary N) is 1. The van der Waals surface area contributed by atoms with Crippen LogP contribution in [0.1, 0.15) is 0 Å². The second-order valence-electron chi connectivity index (χ2n) is 4.36. The van der Waals surface area contributed by atoms with Gasteiger partial charge < -0.3 is 14.8 Å². The molecule has 116 valence electrons. The molecule has 2 aromatic carbocycles. The molecule has 0 aliphatic carbocycles. The van der Waals surface area contributed by atoms with E-state index in [1.54, 1.807) is 20.3 Å². The Morgan fingerprint density at radius 1 is 1.09 bits per heavy atom. The number of carbonyl (C=O) groups excluding carboxylic acids is 1. The summed E-state index contributed by atoms with van der Waals surface area (Å²) < 4.78 is 23.2. The third-order valence-electron chi connectivity index (χ3n) is 2.85. The number of anilines is 1. The Balaban J connectivity index is 1.92. The van der Waals surface area contributed by atoms with E-state index in [4.69, 9.17) is 9.47 Å². The molecule has 6 heteroatoms. The van der Waals surface area contributed by atoms with Gasteiger partial charge in [0.1, 0.15) is 5.82 Å². The van der Waals surface area contributed by atoms with Crippen LogP contribution in [0.15, 0.2) is 47.4 Å². The second kappa shape index (κ2) is 7.70. The lowest BCUT2D eigenvalue weighted by atomic mass is 10.3. The number of rotatable bonds is 6. The molecule has 0 saturated carbocycles. The molecule has 0 unspecified atom stereocenters. The molecule has 0 aliphatic heterocycles. The Hall–Kier alpha value is -2.21. The summed E-state index contributed by atoms with van der Waals surface area (Å²) in [6.07, 6.45) is 0. The Kier molecular flexibility index (Phi) is 5.66. The van der Waals surface area contributed by atoms with E-state index >= 15 is 0 Å². The van der Waals surface area contributed by atoms with Crippen LogP contribution in [0.3, 0.4) is 0 Å². The van der Waals surface area contributed by atoms with E-state index in [9.17, 15) is 9.18 Å². The summed E-state index contributed by atoms with van der Waals surface area (Å²) in [5.41, 5.74) is 0.569. The first-order valence-electron chi connectivity index (χ1n) is 6.52. The van der Waals surface area contributed by atoms with Crippen molar-refractivity contribution in [3.05, 3.63) is 48.3 Å². The highest BCUT2D eigenvalue weighted by Crippen LogP contribution is 2.31. The van der Waals surface area contributed by atoms with E-state index in [1.165, 1.54) is 36.0 Å². The van der Waals surface area contributed by atoms with Gasteiger partial charge in [0.05, 0.1) is 20.0 Å². The molecule has 0 saturated heterocycles. The minimum absolute atomic E-state index is 0.161. The second-order valence-corrected chi connectivity index (χ2v) is 5.41. The van der Waals surface area contributed by atoms with Crippen molar-refractivity contribution in [2.24, 2.45) is 0 Å². The molecular weight excluding hydrogens is 305 g/mol.